The third-order valence-corrected chi connectivity index (χ3v) is 5.31. The van der Waals surface area contributed by atoms with Crippen LogP contribution in [0.1, 0.15) is 35.2 Å². The summed E-state index contributed by atoms with van der Waals surface area (Å²) in [5.74, 6) is 0.272. The number of aromatic nitrogens is 2. The first-order valence-electron chi connectivity index (χ1n) is 9.01. The summed E-state index contributed by atoms with van der Waals surface area (Å²) < 4.78 is 2.03. The van der Waals surface area contributed by atoms with E-state index >= 15 is 0 Å². The Kier molecular flexibility index (Phi) is 4.44. The number of anilines is 1. The molecule has 25 heavy (non-hydrogen) atoms. The molecule has 6 heteroatoms. The molecule has 1 amide bonds. The summed E-state index contributed by atoms with van der Waals surface area (Å²) in [5.41, 5.74) is 2.88. The molecule has 1 saturated carbocycles. The number of rotatable bonds is 4. The monoisotopic (exact) mass is 340 g/mol. The van der Waals surface area contributed by atoms with E-state index in [1.165, 1.54) is 0 Å². The average molecular weight is 340 g/mol. The first-order valence-corrected chi connectivity index (χ1v) is 9.01. The lowest BCUT2D eigenvalue weighted by Crippen LogP contribution is -2.40. The van der Waals surface area contributed by atoms with Gasteiger partial charge in [-0.05, 0) is 49.3 Å². The molecule has 1 aromatic carbocycles. The minimum atomic E-state index is -0.491. The fourth-order valence-electron chi connectivity index (χ4n) is 4.08. The van der Waals surface area contributed by atoms with Crippen molar-refractivity contribution in [2.45, 2.75) is 44.4 Å². The third kappa shape index (κ3) is 3.39. The summed E-state index contributed by atoms with van der Waals surface area (Å²) >= 11 is 0. The normalized spacial score (nSPS) is 25.2. The molecule has 3 N–H and O–H groups in total. The van der Waals surface area contributed by atoms with Crippen LogP contribution in [0.4, 0.5) is 5.69 Å². The molecule has 1 aromatic heterocycles. The van der Waals surface area contributed by atoms with Gasteiger partial charge >= 0.3 is 0 Å². The van der Waals surface area contributed by atoms with E-state index in [-0.39, 0.29) is 11.9 Å². The molecular weight excluding hydrogens is 316 g/mol. The third-order valence-electron chi connectivity index (χ3n) is 5.31. The lowest BCUT2D eigenvalue weighted by atomic mass is 9.97. The number of fused-ring (bicyclic) bond motifs is 1. The van der Waals surface area contributed by atoms with Gasteiger partial charge in [-0.2, -0.15) is 0 Å². The smallest absolute Gasteiger partial charge is 0.251 e. The number of hydrogen-bond acceptors (Lipinski definition) is 4. The Morgan fingerprint density at radius 1 is 1.40 bits per heavy atom. The number of benzene rings is 1. The highest BCUT2D eigenvalue weighted by atomic mass is 16.3. The van der Waals surface area contributed by atoms with Crippen LogP contribution in [0, 0.1) is 5.92 Å². The van der Waals surface area contributed by atoms with Gasteiger partial charge < -0.3 is 20.3 Å². The molecule has 0 radical (unpaired) electrons. The fourth-order valence-corrected chi connectivity index (χ4v) is 4.08. The Bertz CT molecular complexity index is 744. The van der Waals surface area contributed by atoms with Crippen LogP contribution in [0.2, 0.25) is 0 Å². The fraction of sp³-hybridized carbons (Fsp3) is 0.474. The lowest BCUT2D eigenvalue weighted by Gasteiger charge is -2.22. The molecule has 132 valence electrons. The number of aliphatic hydroxyl groups excluding tert-OH is 1. The van der Waals surface area contributed by atoms with E-state index in [2.05, 4.69) is 15.6 Å². The van der Waals surface area contributed by atoms with Gasteiger partial charge in [-0.25, -0.2) is 4.98 Å². The van der Waals surface area contributed by atoms with Crippen molar-refractivity contribution in [3.05, 3.63) is 48.0 Å². The van der Waals surface area contributed by atoms with Gasteiger partial charge in [0.25, 0.3) is 5.91 Å². The number of nitrogens with zero attached hydrogens (tertiary/aromatic N) is 2. The van der Waals surface area contributed by atoms with Gasteiger partial charge in [-0.1, -0.05) is 6.07 Å². The number of imidazole rings is 1. The van der Waals surface area contributed by atoms with E-state index in [1.807, 2.05) is 29.0 Å². The Morgan fingerprint density at radius 2 is 2.32 bits per heavy atom. The van der Waals surface area contributed by atoms with Crippen molar-refractivity contribution in [1.29, 1.82) is 0 Å². The minimum absolute atomic E-state index is 0.0760. The zero-order chi connectivity index (χ0) is 17.2. The van der Waals surface area contributed by atoms with Gasteiger partial charge in [0.15, 0.2) is 0 Å². The van der Waals surface area contributed by atoms with E-state index in [0.717, 1.165) is 49.2 Å². The Labute approximate surface area is 147 Å². The summed E-state index contributed by atoms with van der Waals surface area (Å²) in [6.07, 6.45) is 8.45. The van der Waals surface area contributed by atoms with Crippen LogP contribution in [0.5, 0.6) is 0 Å². The van der Waals surface area contributed by atoms with E-state index in [4.69, 9.17) is 0 Å². The summed E-state index contributed by atoms with van der Waals surface area (Å²) in [6.45, 7) is 1.78. The second-order valence-corrected chi connectivity index (χ2v) is 7.11. The van der Waals surface area contributed by atoms with Crippen molar-refractivity contribution in [2.24, 2.45) is 5.92 Å². The van der Waals surface area contributed by atoms with Crippen molar-refractivity contribution in [3.63, 3.8) is 0 Å². The summed E-state index contributed by atoms with van der Waals surface area (Å²) in [5, 5.41) is 16.8. The SMILES string of the molecule is O=C(N[C@@H]1CC(Cn2ccnc2)C[C@H]1O)c1cccc2c1CCCN2. The molecule has 1 aliphatic carbocycles. The molecule has 0 saturated heterocycles. The molecule has 0 bridgehead atoms. The number of hydrogen-bond donors (Lipinski definition) is 3. The molecule has 1 fully saturated rings. The predicted molar refractivity (Wildman–Crippen MR) is 95.5 cm³/mol. The van der Waals surface area contributed by atoms with Gasteiger partial charge in [0.05, 0.1) is 18.5 Å². The molecule has 0 spiro atoms. The summed E-state index contributed by atoms with van der Waals surface area (Å²) in [6, 6.07) is 5.63. The van der Waals surface area contributed by atoms with Gasteiger partial charge in [0, 0.05) is 36.7 Å². The summed E-state index contributed by atoms with van der Waals surface area (Å²) in [4.78, 5) is 16.8. The maximum absolute atomic E-state index is 12.8. The second kappa shape index (κ2) is 6.88. The minimum Gasteiger partial charge on any atom is -0.391 e. The molecule has 2 aromatic rings. The highest BCUT2D eigenvalue weighted by Gasteiger charge is 2.34. The molecule has 6 nitrogen and oxygen atoms in total. The number of aliphatic hydroxyl groups is 1. The van der Waals surface area contributed by atoms with Crippen molar-refractivity contribution in [1.82, 2.24) is 14.9 Å². The van der Waals surface area contributed by atoms with Crippen molar-refractivity contribution in [3.8, 4) is 0 Å². The second-order valence-electron chi connectivity index (χ2n) is 7.11. The molecule has 2 aliphatic rings. The molecule has 3 atom stereocenters. The number of carbonyl (C=O) groups is 1. The average Bonchev–Trinajstić information content (AvgIpc) is 3.25. The van der Waals surface area contributed by atoms with Crippen LogP contribution in [0.15, 0.2) is 36.9 Å². The van der Waals surface area contributed by atoms with Gasteiger partial charge in [0.2, 0.25) is 0 Å². The van der Waals surface area contributed by atoms with Gasteiger partial charge in [-0.15, -0.1) is 0 Å². The van der Waals surface area contributed by atoms with Crippen LogP contribution in [0.25, 0.3) is 0 Å². The predicted octanol–water partition coefficient (Wildman–Crippen LogP) is 1.81. The van der Waals surface area contributed by atoms with Crippen LogP contribution in [-0.4, -0.2) is 39.3 Å². The van der Waals surface area contributed by atoms with Gasteiger partial charge in [0.1, 0.15) is 0 Å². The number of carbonyl (C=O) groups excluding carboxylic acids is 1. The topological polar surface area (TPSA) is 79.2 Å². The number of nitrogens with one attached hydrogen (secondary N) is 2. The highest BCUT2D eigenvalue weighted by Crippen LogP contribution is 2.29. The van der Waals surface area contributed by atoms with Gasteiger partial charge in [-0.3, -0.25) is 4.79 Å². The van der Waals surface area contributed by atoms with Crippen molar-refractivity contribution >= 4 is 11.6 Å². The summed E-state index contributed by atoms with van der Waals surface area (Å²) in [7, 11) is 0. The quantitative estimate of drug-likeness (QED) is 0.793. The van der Waals surface area contributed by atoms with Crippen LogP contribution < -0.4 is 10.6 Å². The molecule has 4 rings (SSSR count). The molecular formula is C19H24N4O2. The number of amides is 1. The zero-order valence-corrected chi connectivity index (χ0v) is 14.2. The molecule has 2 heterocycles. The Morgan fingerprint density at radius 3 is 3.16 bits per heavy atom. The van der Waals surface area contributed by atoms with Crippen molar-refractivity contribution in [2.75, 3.05) is 11.9 Å². The Balaban J connectivity index is 1.43. The van der Waals surface area contributed by atoms with E-state index in [9.17, 15) is 9.90 Å². The maximum Gasteiger partial charge on any atom is 0.251 e. The largest absolute Gasteiger partial charge is 0.391 e. The Hall–Kier alpha value is -2.34. The first-order chi connectivity index (χ1) is 12.2. The van der Waals surface area contributed by atoms with Crippen LogP contribution in [-0.2, 0) is 13.0 Å². The zero-order valence-electron chi connectivity index (χ0n) is 14.2. The highest BCUT2D eigenvalue weighted by molar-refractivity contribution is 5.97. The van der Waals surface area contributed by atoms with E-state index in [0.29, 0.717) is 12.3 Å². The lowest BCUT2D eigenvalue weighted by molar-refractivity contribution is 0.0872. The van der Waals surface area contributed by atoms with E-state index < -0.39 is 6.10 Å². The van der Waals surface area contributed by atoms with Crippen LogP contribution >= 0.6 is 0 Å². The standard InChI is InChI=1S/C19H24N4O2/c24-18-10-13(11-23-8-7-20-12-23)9-17(18)22-19(25)15-3-1-5-16-14(15)4-2-6-21-16/h1,3,5,7-8,12-13,17-18,21,24H,2,4,6,9-11H2,(H,22,25)/t13?,17-,18-/m1/s1. The van der Waals surface area contributed by atoms with Crippen molar-refractivity contribution < 1.29 is 9.90 Å². The molecule has 1 unspecified atom stereocenters. The van der Waals surface area contributed by atoms with E-state index in [1.54, 1.807) is 12.5 Å². The molecule has 1 aliphatic heterocycles. The van der Waals surface area contributed by atoms with Crippen LogP contribution in [0.3, 0.4) is 0 Å². The maximum atomic E-state index is 12.8. The first kappa shape index (κ1) is 16.1.